The van der Waals surface area contributed by atoms with Crippen LogP contribution in [0.2, 0.25) is 0 Å². The molecule has 0 aliphatic rings. The van der Waals surface area contributed by atoms with E-state index >= 15 is 0 Å². The van der Waals surface area contributed by atoms with Crippen LogP contribution in [0.25, 0.3) is 0 Å². The number of carboxylic acid groups (broad SMARTS) is 1. The summed E-state index contributed by atoms with van der Waals surface area (Å²) in [7, 11) is 0. The number of rotatable bonds is 10. The van der Waals surface area contributed by atoms with Crippen LogP contribution >= 0.6 is 0 Å². The first-order valence-electron chi connectivity index (χ1n) is 5.76. The van der Waals surface area contributed by atoms with E-state index in [1.54, 1.807) is 0 Å². The molecule has 0 saturated heterocycles. The van der Waals surface area contributed by atoms with Gasteiger partial charge in [-0.3, -0.25) is 4.79 Å². The second-order valence-corrected chi connectivity index (χ2v) is 3.63. The predicted molar refractivity (Wildman–Crippen MR) is 60.1 cm³/mol. The Bertz CT molecular complexity index is 162. The third-order valence-corrected chi connectivity index (χ3v) is 2.12. The van der Waals surface area contributed by atoms with E-state index in [2.05, 4.69) is 12.2 Å². The first kappa shape index (κ1) is 14.4. The summed E-state index contributed by atoms with van der Waals surface area (Å²) in [5.74, 6) is -0.834. The molecule has 1 atom stereocenters. The fourth-order valence-electron chi connectivity index (χ4n) is 1.19. The van der Waals surface area contributed by atoms with Crippen molar-refractivity contribution in [3.63, 3.8) is 0 Å². The average molecular weight is 217 g/mol. The second-order valence-electron chi connectivity index (χ2n) is 3.63. The minimum Gasteiger partial charge on any atom is -0.480 e. The summed E-state index contributed by atoms with van der Waals surface area (Å²) >= 11 is 0. The average Bonchev–Trinajstić information content (AvgIpc) is 2.21. The molecule has 0 aliphatic heterocycles. The van der Waals surface area contributed by atoms with Gasteiger partial charge in [0.2, 0.25) is 0 Å². The Morgan fingerprint density at radius 3 is 2.60 bits per heavy atom. The van der Waals surface area contributed by atoms with Gasteiger partial charge in [-0.2, -0.15) is 0 Å². The maximum absolute atomic E-state index is 10.8. The number of aliphatic carboxylic acids is 1. The summed E-state index contributed by atoms with van der Waals surface area (Å²) in [6.07, 6.45) is 4.23. The van der Waals surface area contributed by atoms with E-state index in [1.165, 1.54) is 0 Å². The highest BCUT2D eigenvalue weighted by atomic mass is 16.5. The second kappa shape index (κ2) is 9.93. The Morgan fingerprint density at radius 2 is 2.07 bits per heavy atom. The molecule has 0 aromatic heterocycles. The molecule has 4 nitrogen and oxygen atoms in total. The highest BCUT2D eigenvalue weighted by Gasteiger charge is 2.15. The first-order valence-corrected chi connectivity index (χ1v) is 5.76. The lowest BCUT2D eigenvalue weighted by atomic mass is 10.2. The lowest BCUT2D eigenvalue weighted by Gasteiger charge is -2.13. The summed E-state index contributed by atoms with van der Waals surface area (Å²) in [6, 6.07) is -0.563. The standard InChI is InChI=1S/C11H23NO3/c1-3-5-6-8-15-9-10(11(13)14)12-7-4-2/h10,12H,3-9H2,1-2H3,(H,13,14). The molecule has 0 aromatic carbocycles. The van der Waals surface area contributed by atoms with Crippen molar-refractivity contribution < 1.29 is 14.6 Å². The summed E-state index contributed by atoms with van der Waals surface area (Å²) in [4.78, 5) is 10.8. The summed E-state index contributed by atoms with van der Waals surface area (Å²) < 4.78 is 5.31. The lowest BCUT2D eigenvalue weighted by molar-refractivity contribution is -0.141. The van der Waals surface area contributed by atoms with E-state index in [1.807, 2.05) is 6.92 Å². The third-order valence-electron chi connectivity index (χ3n) is 2.12. The minimum atomic E-state index is -0.834. The molecular formula is C11H23NO3. The molecule has 0 aliphatic carbocycles. The van der Waals surface area contributed by atoms with Crippen LogP contribution in [0.5, 0.6) is 0 Å². The molecule has 0 amide bonds. The summed E-state index contributed by atoms with van der Waals surface area (Å²) in [5.41, 5.74) is 0. The normalized spacial score (nSPS) is 12.7. The van der Waals surface area contributed by atoms with Crippen molar-refractivity contribution in [1.82, 2.24) is 5.32 Å². The van der Waals surface area contributed by atoms with Gasteiger partial charge in [0.15, 0.2) is 0 Å². The van der Waals surface area contributed by atoms with Gasteiger partial charge in [-0.15, -0.1) is 0 Å². The Kier molecular flexibility index (Phi) is 9.52. The monoisotopic (exact) mass is 217 g/mol. The van der Waals surface area contributed by atoms with Crippen molar-refractivity contribution in [3.8, 4) is 0 Å². The first-order chi connectivity index (χ1) is 7.22. The number of ether oxygens (including phenoxy) is 1. The lowest BCUT2D eigenvalue weighted by Crippen LogP contribution is -2.41. The van der Waals surface area contributed by atoms with Gasteiger partial charge < -0.3 is 15.2 Å². The maximum atomic E-state index is 10.8. The van der Waals surface area contributed by atoms with E-state index in [0.717, 1.165) is 32.2 Å². The van der Waals surface area contributed by atoms with Crippen LogP contribution in [-0.2, 0) is 9.53 Å². The molecule has 0 aromatic rings. The van der Waals surface area contributed by atoms with E-state index < -0.39 is 12.0 Å². The van der Waals surface area contributed by atoms with Crippen molar-refractivity contribution >= 4 is 5.97 Å². The van der Waals surface area contributed by atoms with Crippen molar-refractivity contribution in [2.75, 3.05) is 19.8 Å². The van der Waals surface area contributed by atoms with Crippen LogP contribution in [0.15, 0.2) is 0 Å². The van der Waals surface area contributed by atoms with Crippen LogP contribution < -0.4 is 5.32 Å². The van der Waals surface area contributed by atoms with Gasteiger partial charge in [0.1, 0.15) is 6.04 Å². The molecular weight excluding hydrogens is 194 g/mol. The molecule has 1 unspecified atom stereocenters. The van der Waals surface area contributed by atoms with Crippen LogP contribution in [0.3, 0.4) is 0 Å². The SMILES string of the molecule is CCCCCOCC(NCCC)C(=O)O. The van der Waals surface area contributed by atoms with E-state index in [0.29, 0.717) is 6.61 Å². The van der Waals surface area contributed by atoms with Crippen LogP contribution in [0.4, 0.5) is 0 Å². The summed E-state index contributed by atoms with van der Waals surface area (Å²) in [5, 5.41) is 11.8. The smallest absolute Gasteiger partial charge is 0.323 e. The molecule has 0 fully saturated rings. The highest BCUT2D eigenvalue weighted by Crippen LogP contribution is 1.95. The largest absolute Gasteiger partial charge is 0.480 e. The molecule has 0 spiro atoms. The van der Waals surface area contributed by atoms with Crippen molar-refractivity contribution in [2.45, 2.75) is 45.6 Å². The predicted octanol–water partition coefficient (Wildman–Crippen LogP) is 1.65. The fraction of sp³-hybridized carbons (Fsp3) is 0.909. The van der Waals surface area contributed by atoms with Gasteiger partial charge in [-0.05, 0) is 19.4 Å². The number of nitrogens with one attached hydrogen (secondary N) is 1. The van der Waals surface area contributed by atoms with Gasteiger partial charge in [0, 0.05) is 6.61 Å². The Balaban J connectivity index is 3.53. The third kappa shape index (κ3) is 8.39. The van der Waals surface area contributed by atoms with Gasteiger partial charge in [-0.1, -0.05) is 26.7 Å². The molecule has 90 valence electrons. The Labute approximate surface area is 92.0 Å². The van der Waals surface area contributed by atoms with Crippen molar-refractivity contribution in [1.29, 1.82) is 0 Å². The van der Waals surface area contributed by atoms with Crippen molar-refractivity contribution in [3.05, 3.63) is 0 Å². The minimum absolute atomic E-state index is 0.263. The molecule has 0 bridgehead atoms. The topological polar surface area (TPSA) is 58.6 Å². The maximum Gasteiger partial charge on any atom is 0.323 e. The number of carboxylic acids is 1. The van der Waals surface area contributed by atoms with Gasteiger partial charge in [-0.25, -0.2) is 0 Å². The van der Waals surface area contributed by atoms with E-state index in [4.69, 9.17) is 9.84 Å². The quantitative estimate of drug-likeness (QED) is 0.546. The molecule has 4 heteroatoms. The zero-order valence-corrected chi connectivity index (χ0v) is 9.79. The van der Waals surface area contributed by atoms with Gasteiger partial charge in [0.05, 0.1) is 6.61 Å². The number of carbonyl (C=O) groups is 1. The van der Waals surface area contributed by atoms with Crippen LogP contribution in [-0.4, -0.2) is 36.9 Å². The molecule has 0 saturated carbocycles. The van der Waals surface area contributed by atoms with Crippen LogP contribution in [0, 0.1) is 0 Å². The Hall–Kier alpha value is -0.610. The van der Waals surface area contributed by atoms with E-state index in [9.17, 15) is 4.79 Å². The number of hydrogen-bond acceptors (Lipinski definition) is 3. The molecule has 0 rings (SSSR count). The van der Waals surface area contributed by atoms with Crippen molar-refractivity contribution in [2.24, 2.45) is 0 Å². The number of unbranched alkanes of at least 4 members (excludes halogenated alkanes) is 2. The molecule has 2 N–H and O–H groups in total. The molecule has 0 radical (unpaired) electrons. The Morgan fingerprint density at radius 1 is 1.33 bits per heavy atom. The zero-order valence-electron chi connectivity index (χ0n) is 9.79. The summed E-state index contributed by atoms with van der Waals surface area (Å²) in [6.45, 7) is 5.77. The van der Waals surface area contributed by atoms with E-state index in [-0.39, 0.29) is 6.61 Å². The molecule has 15 heavy (non-hydrogen) atoms. The highest BCUT2D eigenvalue weighted by molar-refractivity contribution is 5.73. The molecule has 0 heterocycles. The van der Waals surface area contributed by atoms with Gasteiger partial charge >= 0.3 is 5.97 Å². The van der Waals surface area contributed by atoms with Crippen LogP contribution in [0.1, 0.15) is 39.5 Å². The fourth-order valence-corrected chi connectivity index (χ4v) is 1.19. The number of hydrogen-bond donors (Lipinski definition) is 2. The zero-order chi connectivity index (χ0) is 11.5. The van der Waals surface area contributed by atoms with Gasteiger partial charge in [0.25, 0.3) is 0 Å².